The fraction of sp³-hybridized carbons (Fsp3) is 0.261. The Balaban J connectivity index is 1.67. The van der Waals surface area contributed by atoms with Crippen molar-refractivity contribution in [1.29, 1.82) is 5.41 Å². The van der Waals surface area contributed by atoms with Crippen LogP contribution in [0, 0.1) is 11.2 Å². The predicted octanol–water partition coefficient (Wildman–Crippen LogP) is 4.02. The smallest absolute Gasteiger partial charge is 0.248 e. The molecule has 1 fully saturated rings. The molecular weight excluding hydrogens is 400 g/mol. The van der Waals surface area contributed by atoms with Crippen LogP contribution in [0.1, 0.15) is 24.5 Å². The maximum Gasteiger partial charge on any atom is 0.248 e. The molecule has 0 saturated carbocycles. The Morgan fingerprint density at radius 3 is 2.61 bits per heavy atom. The van der Waals surface area contributed by atoms with E-state index < -0.39 is 17.4 Å². The van der Waals surface area contributed by atoms with Gasteiger partial charge in [0.05, 0.1) is 19.3 Å². The van der Waals surface area contributed by atoms with Gasteiger partial charge in [0.15, 0.2) is 0 Å². The highest BCUT2D eigenvalue weighted by molar-refractivity contribution is 6.10. The van der Waals surface area contributed by atoms with E-state index in [1.54, 1.807) is 19.2 Å². The molecule has 2 aromatic rings. The molecule has 1 aliphatic rings. The fourth-order valence-corrected chi connectivity index (χ4v) is 3.37. The Morgan fingerprint density at radius 2 is 2.00 bits per heavy atom. The number of pyridine rings is 1. The highest BCUT2D eigenvalue weighted by Gasteiger charge is 2.41. The molecule has 162 valence electrons. The molecular formula is C23H25F2N5O. The highest BCUT2D eigenvalue weighted by Crippen LogP contribution is 2.33. The normalized spacial score (nSPS) is 15.5. The second-order valence-corrected chi connectivity index (χ2v) is 7.35. The van der Waals surface area contributed by atoms with E-state index >= 15 is 0 Å². The van der Waals surface area contributed by atoms with Crippen molar-refractivity contribution in [3.05, 3.63) is 65.9 Å². The summed E-state index contributed by atoms with van der Waals surface area (Å²) in [7, 11) is 1.65. The molecule has 31 heavy (non-hydrogen) atoms. The van der Waals surface area contributed by atoms with Crippen molar-refractivity contribution in [3.8, 4) is 0 Å². The van der Waals surface area contributed by atoms with Crippen molar-refractivity contribution in [1.82, 2.24) is 10.3 Å². The molecule has 0 aliphatic carbocycles. The van der Waals surface area contributed by atoms with Gasteiger partial charge in [-0.1, -0.05) is 6.92 Å². The standard InChI is InChI=1S/C23H25F2N5O/c1-3-23(25)14-30(15-23)19-7-5-18(6-8-19)29-21(31)9-4-16-12-28-13-20(24)22(16)17(10-26)11-27-2/h4-13,26-27H,3,14-15H2,1-2H3,(H,29,31)/b9-4+,17-11+,26-10?. The minimum Gasteiger partial charge on any atom is -0.393 e. The van der Waals surface area contributed by atoms with Gasteiger partial charge in [0, 0.05) is 59.8 Å². The number of nitrogens with one attached hydrogen (secondary N) is 3. The van der Waals surface area contributed by atoms with Crippen LogP contribution >= 0.6 is 0 Å². The third-order valence-electron chi connectivity index (χ3n) is 5.17. The molecule has 0 unspecified atom stereocenters. The number of halogens is 2. The molecule has 0 spiro atoms. The van der Waals surface area contributed by atoms with Gasteiger partial charge >= 0.3 is 0 Å². The van der Waals surface area contributed by atoms with Gasteiger partial charge in [-0.25, -0.2) is 8.78 Å². The van der Waals surface area contributed by atoms with Crippen LogP contribution in [0.15, 0.2) is 48.9 Å². The summed E-state index contributed by atoms with van der Waals surface area (Å²) in [4.78, 5) is 18.1. The van der Waals surface area contributed by atoms with Crippen LogP contribution in [0.4, 0.5) is 20.2 Å². The Hall–Kier alpha value is -3.55. The van der Waals surface area contributed by atoms with Crippen LogP contribution in [0.3, 0.4) is 0 Å². The number of aromatic nitrogens is 1. The van der Waals surface area contributed by atoms with E-state index in [1.807, 2.05) is 24.0 Å². The van der Waals surface area contributed by atoms with Gasteiger partial charge in [0.1, 0.15) is 11.5 Å². The lowest BCUT2D eigenvalue weighted by molar-refractivity contribution is -0.111. The highest BCUT2D eigenvalue weighted by atomic mass is 19.1. The number of allylic oxidation sites excluding steroid dienone is 1. The molecule has 0 bridgehead atoms. The molecule has 3 rings (SSSR count). The largest absolute Gasteiger partial charge is 0.393 e. The number of hydrogen-bond donors (Lipinski definition) is 3. The average molecular weight is 425 g/mol. The number of carbonyl (C=O) groups excluding carboxylic acids is 1. The van der Waals surface area contributed by atoms with Crippen molar-refractivity contribution in [2.45, 2.75) is 19.0 Å². The van der Waals surface area contributed by atoms with Crippen molar-refractivity contribution < 1.29 is 13.6 Å². The molecule has 1 saturated heterocycles. The molecule has 1 aromatic carbocycles. The average Bonchev–Trinajstić information content (AvgIpc) is 2.75. The summed E-state index contributed by atoms with van der Waals surface area (Å²) < 4.78 is 28.4. The van der Waals surface area contributed by atoms with Gasteiger partial charge in [-0.05, 0) is 36.8 Å². The van der Waals surface area contributed by atoms with E-state index in [2.05, 4.69) is 15.6 Å². The summed E-state index contributed by atoms with van der Waals surface area (Å²) >= 11 is 0. The maximum absolute atomic E-state index is 14.3. The second kappa shape index (κ2) is 9.51. The summed E-state index contributed by atoms with van der Waals surface area (Å²) in [5.41, 5.74) is 1.26. The third-order valence-corrected chi connectivity index (χ3v) is 5.17. The number of hydrogen-bond acceptors (Lipinski definition) is 5. The monoisotopic (exact) mass is 425 g/mol. The number of anilines is 2. The Bertz CT molecular complexity index is 1010. The first-order chi connectivity index (χ1) is 14.9. The lowest BCUT2D eigenvalue weighted by Gasteiger charge is -2.45. The first-order valence-corrected chi connectivity index (χ1v) is 9.94. The molecule has 0 radical (unpaired) electrons. The van der Waals surface area contributed by atoms with E-state index in [-0.39, 0.29) is 5.56 Å². The molecule has 1 amide bonds. The lowest BCUT2D eigenvalue weighted by Crippen LogP contribution is -2.58. The minimum atomic E-state index is -1.11. The zero-order chi connectivity index (χ0) is 22.4. The van der Waals surface area contributed by atoms with Crippen LogP contribution in [0.5, 0.6) is 0 Å². The van der Waals surface area contributed by atoms with Crippen molar-refractivity contribution in [2.75, 3.05) is 30.4 Å². The molecule has 6 nitrogen and oxygen atoms in total. The fourth-order valence-electron chi connectivity index (χ4n) is 3.37. The van der Waals surface area contributed by atoms with E-state index in [4.69, 9.17) is 5.41 Å². The Morgan fingerprint density at radius 1 is 1.29 bits per heavy atom. The van der Waals surface area contributed by atoms with Gasteiger partial charge in [-0.3, -0.25) is 9.78 Å². The van der Waals surface area contributed by atoms with Crippen molar-refractivity contribution >= 4 is 35.1 Å². The predicted molar refractivity (Wildman–Crippen MR) is 120 cm³/mol. The quantitative estimate of drug-likeness (QED) is 0.441. The number of alkyl halides is 1. The molecule has 1 aliphatic heterocycles. The van der Waals surface area contributed by atoms with Crippen LogP contribution in [0.2, 0.25) is 0 Å². The van der Waals surface area contributed by atoms with Crippen LogP contribution in [-0.2, 0) is 4.79 Å². The number of carbonyl (C=O) groups is 1. The van der Waals surface area contributed by atoms with Gasteiger partial charge in [0.2, 0.25) is 5.91 Å². The zero-order valence-corrected chi connectivity index (χ0v) is 17.5. The van der Waals surface area contributed by atoms with Gasteiger partial charge in [-0.2, -0.15) is 0 Å². The summed E-state index contributed by atoms with van der Waals surface area (Å²) in [6.07, 6.45) is 8.25. The topological polar surface area (TPSA) is 81.1 Å². The third kappa shape index (κ3) is 5.14. The van der Waals surface area contributed by atoms with E-state index in [9.17, 15) is 13.6 Å². The van der Waals surface area contributed by atoms with Crippen LogP contribution < -0.4 is 15.5 Å². The van der Waals surface area contributed by atoms with E-state index in [1.165, 1.54) is 24.5 Å². The number of amides is 1. The van der Waals surface area contributed by atoms with E-state index in [0.29, 0.717) is 36.3 Å². The van der Waals surface area contributed by atoms with Crippen molar-refractivity contribution in [2.24, 2.45) is 0 Å². The first-order valence-electron chi connectivity index (χ1n) is 9.94. The lowest BCUT2D eigenvalue weighted by atomic mass is 9.93. The molecule has 2 heterocycles. The molecule has 0 atom stereocenters. The van der Waals surface area contributed by atoms with Gasteiger partial charge in [-0.15, -0.1) is 0 Å². The van der Waals surface area contributed by atoms with Crippen molar-refractivity contribution in [3.63, 3.8) is 0 Å². The SMILES string of the molecule is CCC1(F)CN(c2ccc(NC(=O)/C=C/c3cncc(F)c3/C(C=N)=C/NC)cc2)C1. The number of benzene rings is 1. The summed E-state index contributed by atoms with van der Waals surface area (Å²) in [5, 5.41) is 13.0. The van der Waals surface area contributed by atoms with Crippen LogP contribution in [0.25, 0.3) is 11.6 Å². The van der Waals surface area contributed by atoms with Gasteiger partial charge in [0.25, 0.3) is 0 Å². The summed E-state index contributed by atoms with van der Waals surface area (Å²) in [6.45, 7) is 2.60. The maximum atomic E-state index is 14.3. The second-order valence-electron chi connectivity index (χ2n) is 7.35. The molecule has 1 aromatic heterocycles. The molecule has 8 heteroatoms. The number of nitrogens with zero attached hydrogens (tertiary/aromatic N) is 2. The van der Waals surface area contributed by atoms with E-state index in [0.717, 1.165) is 18.1 Å². The zero-order valence-electron chi connectivity index (χ0n) is 17.5. The minimum absolute atomic E-state index is 0.179. The first kappa shape index (κ1) is 22.1. The number of rotatable bonds is 8. The van der Waals surface area contributed by atoms with Gasteiger partial charge < -0.3 is 20.9 Å². The van der Waals surface area contributed by atoms with Crippen LogP contribution in [-0.4, -0.2) is 42.9 Å². The summed E-state index contributed by atoms with van der Waals surface area (Å²) in [5.74, 6) is -0.982. The molecule has 3 N–H and O–H groups in total. The Labute approximate surface area is 180 Å². The Kier molecular flexibility index (Phi) is 6.79. The summed E-state index contributed by atoms with van der Waals surface area (Å²) in [6, 6.07) is 7.18.